The Hall–Kier alpha value is -2.38. The zero-order chi connectivity index (χ0) is 17.7. The van der Waals surface area contributed by atoms with Gasteiger partial charge in [-0.25, -0.2) is 9.78 Å². The minimum absolute atomic E-state index is 0.0123. The molecule has 1 saturated heterocycles. The van der Waals surface area contributed by atoms with Gasteiger partial charge in [-0.1, -0.05) is 0 Å². The van der Waals surface area contributed by atoms with Crippen LogP contribution in [0.15, 0.2) is 18.3 Å². The van der Waals surface area contributed by atoms with Crippen LogP contribution in [0.5, 0.6) is 0 Å². The number of alkyl carbamates (subject to hydrolysis) is 1. The largest absolute Gasteiger partial charge is 0.444 e. The minimum atomic E-state index is -0.531. The summed E-state index contributed by atoms with van der Waals surface area (Å²) in [5.74, 6) is 0.595. The number of piperidine rings is 1. The standard InChI is InChI=1S/C16H24N4O4/c1-16(2,3)24-15(21)18-10-12-6-5-9-19(11-12)14-13(20(22)23)7-4-8-17-14/h4,7-8,12H,5-6,9-11H2,1-3H3,(H,18,21). The summed E-state index contributed by atoms with van der Waals surface area (Å²) in [6.07, 6.45) is 2.97. The summed E-state index contributed by atoms with van der Waals surface area (Å²) in [6, 6.07) is 3.03. The van der Waals surface area contributed by atoms with Gasteiger partial charge < -0.3 is 15.0 Å². The van der Waals surface area contributed by atoms with E-state index >= 15 is 0 Å². The molecule has 0 aliphatic carbocycles. The summed E-state index contributed by atoms with van der Waals surface area (Å²) >= 11 is 0. The monoisotopic (exact) mass is 336 g/mol. The maximum atomic E-state index is 11.7. The summed E-state index contributed by atoms with van der Waals surface area (Å²) in [4.78, 5) is 28.6. The second kappa shape index (κ2) is 7.46. The molecular formula is C16H24N4O4. The predicted octanol–water partition coefficient (Wildman–Crippen LogP) is 2.73. The topological polar surface area (TPSA) is 97.6 Å². The van der Waals surface area contributed by atoms with E-state index in [1.54, 1.807) is 12.3 Å². The smallest absolute Gasteiger partial charge is 0.407 e. The van der Waals surface area contributed by atoms with Gasteiger partial charge in [0.1, 0.15) is 5.60 Å². The van der Waals surface area contributed by atoms with Gasteiger partial charge in [0.2, 0.25) is 5.82 Å². The minimum Gasteiger partial charge on any atom is -0.444 e. The van der Waals surface area contributed by atoms with Crippen LogP contribution in [0.25, 0.3) is 0 Å². The van der Waals surface area contributed by atoms with Gasteiger partial charge in [0.15, 0.2) is 0 Å². The van der Waals surface area contributed by atoms with Gasteiger partial charge in [0, 0.05) is 31.9 Å². The van der Waals surface area contributed by atoms with Gasteiger partial charge in [-0.15, -0.1) is 0 Å². The number of ether oxygens (including phenoxy) is 1. The Morgan fingerprint density at radius 2 is 2.29 bits per heavy atom. The molecule has 1 aliphatic heterocycles. The highest BCUT2D eigenvalue weighted by atomic mass is 16.6. The van der Waals surface area contributed by atoms with Crippen molar-refractivity contribution < 1.29 is 14.5 Å². The van der Waals surface area contributed by atoms with Crippen molar-refractivity contribution in [3.05, 3.63) is 28.4 Å². The fourth-order valence-corrected chi connectivity index (χ4v) is 2.74. The average molecular weight is 336 g/mol. The second-order valence-electron chi connectivity index (χ2n) is 6.94. The molecule has 0 aromatic carbocycles. The number of amides is 1. The molecule has 1 atom stereocenters. The van der Waals surface area contributed by atoms with Crippen LogP contribution < -0.4 is 10.2 Å². The van der Waals surface area contributed by atoms with Gasteiger partial charge in [-0.05, 0) is 45.6 Å². The van der Waals surface area contributed by atoms with Crippen LogP contribution in [-0.4, -0.2) is 41.2 Å². The number of carbonyl (C=O) groups excluding carboxylic acids is 1. The number of carbonyl (C=O) groups is 1. The van der Waals surface area contributed by atoms with Crippen molar-refractivity contribution in [2.45, 2.75) is 39.2 Å². The number of nitrogens with zero attached hydrogens (tertiary/aromatic N) is 3. The molecule has 1 aliphatic rings. The Balaban J connectivity index is 1.95. The van der Waals surface area contributed by atoms with Crippen molar-refractivity contribution >= 4 is 17.6 Å². The molecule has 8 nitrogen and oxygen atoms in total. The lowest BCUT2D eigenvalue weighted by molar-refractivity contribution is -0.384. The average Bonchev–Trinajstić information content (AvgIpc) is 2.51. The van der Waals surface area contributed by atoms with Crippen molar-refractivity contribution in [1.82, 2.24) is 10.3 Å². The fraction of sp³-hybridized carbons (Fsp3) is 0.625. The number of hydrogen-bond acceptors (Lipinski definition) is 6. The summed E-state index contributed by atoms with van der Waals surface area (Å²) in [7, 11) is 0. The summed E-state index contributed by atoms with van der Waals surface area (Å²) in [6.45, 7) is 7.26. The van der Waals surface area contributed by atoms with Crippen molar-refractivity contribution in [3.8, 4) is 0 Å². The zero-order valence-electron chi connectivity index (χ0n) is 14.3. The molecule has 132 valence electrons. The van der Waals surface area contributed by atoms with Crippen molar-refractivity contribution in [2.75, 3.05) is 24.5 Å². The van der Waals surface area contributed by atoms with Crippen LogP contribution in [0.3, 0.4) is 0 Å². The van der Waals surface area contributed by atoms with E-state index in [-0.39, 0.29) is 11.6 Å². The molecule has 24 heavy (non-hydrogen) atoms. The summed E-state index contributed by atoms with van der Waals surface area (Å²) in [5.41, 5.74) is -0.518. The van der Waals surface area contributed by atoms with E-state index in [0.29, 0.717) is 18.9 Å². The highest BCUT2D eigenvalue weighted by Crippen LogP contribution is 2.28. The van der Waals surface area contributed by atoms with E-state index in [2.05, 4.69) is 10.3 Å². The molecule has 1 unspecified atom stereocenters. The van der Waals surface area contributed by atoms with Gasteiger partial charge in [-0.2, -0.15) is 0 Å². The number of anilines is 1. The Kier molecular flexibility index (Phi) is 5.58. The summed E-state index contributed by atoms with van der Waals surface area (Å²) in [5, 5.41) is 13.9. The highest BCUT2D eigenvalue weighted by Gasteiger charge is 2.27. The molecular weight excluding hydrogens is 312 g/mol. The van der Waals surface area contributed by atoms with E-state index in [0.717, 1.165) is 19.4 Å². The van der Waals surface area contributed by atoms with Gasteiger partial charge in [0.05, 0.1) is 4.92 Å². The van der Waals surface area contributed by atoms with Crippen LogP contribution in [0.4, 0.5) is 16.3 Å². The van der Waals surface area contributed by atoms with Gasteiger partial charge in [-0.3, -0.25) is 10.1 Å². The van der Waals surface area contributed by atoms with E-state index in [1.165, 1.54) is 6.07 Å². The maximum absolute atomic E-state index is 11.7. The number of hydrogen-bond donors (Lipinski definition) is 1. The number of aromatic nitrogens is 1. The summed E-state index contributed by atoms with van der Waals surface area (Å²) < 4.78 is 5.23. The number of pyridine rings is 1. The van der Waals surface area contributed by atoms with E-state index in [1.807, 2.05) is 25.7 Å². The van der Waals surface area contributed by atoms with E-state index in [4.69, 9.17) is 4.74 Å². The lowest BCUT2D eigenvalue weighted by atomic mass is 9.98. The lowest BCUT2D eigenvalue weighted by Gasteiger charge is -2.33. The normalized spacial score (nSPS) is 18.1. The molecule has 0 spiro atoms. The zero-order valence-corrected chi connectivity index (χ0v) is 14.3. The first-order valence-corrected chi connectivity index (χ1v) is 8.07. The molecule has 8 heteroatoms. The van der Waals surface area contributed by atoms with Crippen LogP contribution in [0.1, 0.15) is 33.6 Å². The van der Waals surface area contributed by atoms with Crippen LogP contribution in [-0.2, 0) is 4.74 Å². The van der Waals surface area contributed by atoms with E-state index in [9.17, 15) is 14.9 Å². The predicted molar refractivity (Wildman–Crippen MR) is 90.1 cm³/mol. The highest BCUT2D eigenvalue weighted by molar-refractivity contribution is 5.67. The molecule has 1 fully saturated rings. The van der Waals surface area contributed by atoms with Crippen molar-refractivity contribution in [1.29, 1.82) is 0 Å². The van der Waals surface area contributed by atoms with E-state index < -0.39 is 16.6 Å². The Morgan fingerprint density at radius 1 is 1.54 bits per heavy atom. The van der Waals surface area contributed by atoms with Crippen LogP contribution in [0, 0.1) is 16.0 Å². The quantitative estimate of drug-likeness (QED) is 0.670. The molecule has 1 N–H and O–H groups in total. The number of nitro groups is 1. The second-order valence-corrected chi connectivity index (χ2v) is 6.94. The molecule has 2 rings (SSSR count). The Bertz CT molecular complexity index is 600. The van der Waals surface area contributed by atoms with Crippen LogP contribution in [0.2, 0.25) is 0 Å². The number of rotatable bonds is 4. The van der Waals surface area contributed by atoms with Crippen molar-refractivity contribution in [3.63, 3.8) is 0 Å². The third kappa shape index (κ3) is 5.07. The fourth-order valence-electron chi connectivity index (χ4n) is 2.74. The molecule has 0 bridgehead atoms. The molecule has 1 aromatic rings. The SMILES string of the molecule is CC(C)(C)OC(=O)NCC1CCCN(c2ncccc2[N+](=O)[O-])C1. The first-order chi connectivity index (χ1) is 11.3. The third-order valence-electron chi connectivity index (χ3n) is 3.72. The first-order valence-electron chi connectivity index (χ1n) is 8.07. The Labute approximate surface area is 141 Å². The molecule has 0 radical (unpaired) electrons. The Morgan fingerprint density at radius 3 is 2.96 bits per heavy atom. The molecule has 0 saturated carbocycles. The lowest BCUT2D eigenvalue weighted by Crippen LogP contribution is -2.42. The molecule has 1 aromatic heterocycles. The van der Waals surface area contributed by atoms with Gasteiger partial charge in [0.25, 0.3) is 0 Å². The number of nitrogens with one attached hydrogen (secondary N) is 1. The van der Waals surface area contributed by atoms with Crippen molar-refractivity contribution in [2.24, 2.45) is 5.92 Å². The first kappa shape index (κ1) is 18.0. The van der Waals surface area contributed by atoms with Gasteiger partial charge >= 0.3 is 11.8 Å². The maximum Gasteiger partial charge on any atom is 0.407 e. The van der Waals surface area contributed by atoms with Crippen LogP contribution >= 0.6 is 0 Å². The molecule has 1 amide bonds. The molecule has 2 heterocycles. The third-order valence-corrected chi connectivity index (χ3v) is 3.72.